The van der Waals surface area contributed by atoms with Crippen LogP contribution in [0.3, 0.4) is 0 Å². The summed E-state index contributed by atoms with van der Waals surface area (Å²) in [6.07, 6.45) is 1.49. The molecule has 4 amide bonds. The van der Waals surface area contributed by atoms with Crippen LogP contribution in [0.4, 0.5) is 4.79 Å². The zero-order chi connectivity index (χ0) is 21.2. The Bertz CT molecular complexity index is 727. The number of amides is 4. The van der Waals surface area contributed by atoms with Gasteiger partial charge < -0.3 is 15.8 Å². The van der Waals surface area contributed by atoms with E-state index in [9.17, 15) is 19.2 Å². The maximum Gasteiger partial charge on any atom is 0.408 e. The Kier molecular flexibility index (Phi) is 8.72. The summed E-state index contributed by atoms with van der Waals surface area (Å²) in [5.41, 5.74) is 8.33. The predicted molar refractivity (Wildman–Crippen MR) is 105 cm³/mol. The van der Waals surface area contributed by atoms with Crippen molar-refractivity contribution in [2.75, 3.05) is 12.4 Å². The van der Waals surface area contributed by atoms with Gasteiger partial charge in [-0.3, -0.25) is 24.8 Å². The van der Waals surface area contributed by atoms with Crippen molar-refractivity contribution >= 4 is 35.4 Å². The molecular weight excluding hydrogens is 400 g/mol. The second kappa shape index (κ2) is 11.3. The summed E-state index contributed by atoms with van der Waals surface area (Å²) in [7, 11) is 0. The predicted octanol–water partition coefficient (Wildman–Crippen LogP) is 1.06. The van der Waals surface area contributed by atoms with Gasteiger partial charge in [0.2, 0.25) is 5.91 Å². The molecule has 1 saturated carbocycles. The first-order valence-corrected chi connectivity index (χ1v) is 9.84. The van der Waals surface area contributed by atoms with E-state index in [2.05, 4.69) is 10.7 Å². The van der Waals surface area contributed by atoms with Crippen molar-refractivity contribution < 1.29 is 23.9 Å². The van der Waals surface area contributed by atoms with Crippen molar-refractivity contribution in [2.45, 2.75) is 38.3 Å². The molecule has 1 aliphatic carbocycles. The largest absolute Gasteiger partial charge is 0.445 e. The monoisotopic (exact) mass is 424 g/mol. The van der Waals surface area contributed by atoms with Crippen molar-refractivity contribution in [1.82, 2.24) is 15.8 Å². The molecule has 29 heavy (non-hydrogen) atoms. The second-order valence-electron chi connectivity index (χ2n) is 6.81. The standard InChI is InChI=1S/C19H25ClN4O5/c20-11-17(26)24(9-8-16(21)25)23-18(27)15(10-13-6-7-13)22-19(28)29-12-14-4-2-1-3-5-14/h1-5,13,15H,6-12H2,(H2,21,25)(H,22,28)(H,23,27)/t15-/m0/s1. The highest BCUT2D eigenvalue weighted by molar-refractivity contribution is 6.27. The van der Waals surface area contributed by atoms with Gasteiger partial charge in [-0.2, -0.15) is 0 Å². The minimum atomic E-state index is -0.884. The molecule has 0 heterocycles. The number of primary amides is 1. The van der Waals surface area contributed by atoms with E-state index in [1.54, 1.807) is 0 Å². The average Bonchev–Trinajstić information content (AvgIpc) is 3.53. The summed E-state index contributed by atoms with van der Waals surface area (Å²) in [4.78, 5) is 47.7. The molecule has 158 valence electrons. The highest BCUT2D eigenvalue weighted by Gasteiger charge is 2.32. The summed E-state index contributed by atoms with van der Waals surface area (Å²) in [6, 6.07) is 8.26. The Labute approximate surface area is 173 Å². The first-order chi connectivity index (χ1) is 13.9. The maximum absolute atomic E-state index is 12.7. The summed E-state index contributed by atoms with van der Waals surface area (Å²) in [5, 5.41) is 3.49. The fraction of sp³-hybridized carbons (Fsp3) is 0.474. The van der Waals surface area contributed by atoms with Gasteiger partial charge in [-0.15, -0.1) is 11.6 Å². The molecule has 1 aromatic carbocycles. The van der Waals surface area contributed by atoms with Crippen molar-refractivity contribution in [3.8, 4) is 0 Å². The fourth-order valence-electron chi connectivity index (χ4n) is 2.57. The highest BCUT2D eigenvalue weighted by atomic mass is 35.5. The zero-order valence-corrected chi connectivity index (χ0v) is 16.7. The van der Waals surface area contributed by atoms with E-state index in [0.717, 1.165) is 23.4 Å². The molecule has 0 bridgehead atoms. The lowest BCUT2D eigenvalue weighted by Gasteiger charge is -2.25. The number of rotatable bonds is 10. The van der Waals surface area contributed by atoms with Gasteiger partial charge in [0.1, 0.15) is 18.5 Å². The van der Waals surface area contributed by atoms with Gasteiger partial charge in [0.15, 0.2) is 0 Å². The molecule has 1 aromatic rings. The van der Waals surface area contributed by atoms with Crippen LogP contribution in [-0.4, -0.2) is 47.3 Å². The molecule has 0 aromatic heterocycles. The normalized spacial score (nSPS) is 13.8. The Balaban J connectivity index is 1.93. The number of nitrogens with one attached hydrogen (secondary N) is 2. The molecule has 0 spiro atoms. The van der Waals surface area contributed by atoms with Gasteiger partial charge in [0, 0.05) is 6.42 Å². The molecule has 0 aliphatic heterocycles. The molecule has 1 fully saturated rings. The van der Waals surface area contributed by atoms with Crippen LogP contribution in [0, 0.1) is 5.92 Å². The Morgan fingerprint density at radius 1 is 1.21 bits per heavy atom. The number of hydrogen-bond acceptors (Lipinski definition) is 5. The fourth-order valence-corrected chi connectivity index (χ4v) is 2.72. The minimum Gasteiger partial charge on any atom is -0.445 e. The molecule has 0 unspecified atom stereocenters. The van der Waals surface area contributed by atoms with Crippen molar-refractivity contribution in [3.05, 3.63) is 35.9 Å². The van der Waals surface area contributed by atoms with Crippen LogP contribution in [0.5, 0.6) is 0 Å². The Hall–Kier alpha value is -2.81. The SMILES string of the molecule is NC(=O)CCN(NC(=O)[C@H](CC1CC1)NC(=O)OCc1ccccc1)C(=O)CCl. The number of alkyl carbamates (subject to hydrolysis) is 1. The Morgan fingerprint density at radius 3 is 2.48 bits per heavy atom. The first kappa shape index (κ1) is 22.5. The molecule has 1 atom stereocenters. The zero-order valence-electron chi connectivity index (χ0n) is 15.9. The highest BCUT2D eigenvalue weighted by Crippen LogP contribution is 2.33. The molecule has 1 aliphatic rings. The van der Waals surface area contributed by atoms with Crippen LogP contribution in [0.25, 0.3) is 0 Å². The van der Waals surface area contributed by atoms with Gasteiger partial charge >= 0.3 is 6.09 Å². The molecule has 9 nitrogen and oxygen atoms in total. The van der Waals surface area contributed by atoms with Gasteiger partial charge in [-0.1, -0.05) is 43.2 Å². The number of hydrazine groups is 1. The van der Waals surface area contributed by atoms with Gasteiger partial charge in [0.25, 0.3) is 11.8 Å². The lowest BCUT2D eigenvalue weighted by molar-refractivity contribution is -0.141. The number of nitrogens with two attached hydrogens (primary N) is 1. The van der Waals surface area contributed by atoms with E-state index in [-0.39, 0.29) is 25.5 Å². The third-order valence-corrected chi connectivity index (χ3v) is 4.56. The minimum absolute atomic E-state index is 0.0694. The molecule has 4 N–H and O–H groups in total. The number of halogens is 1. The number of carbonyl (C=O) groups excluding carboxylic acids is 4. The van der Waals surface area contributed by atoms with Crippen LogP contribution in [0.2, 0.25) is 0 Å². The van der Waals surface area contributed by atoms with Crippen LogP contribution in [-0.2, 0) is 25.7 Å². The van der Waals surface area contributed by atoms with E-state index in [1.165, 1.54) is 0 Å². The third-order valence-electron chi connectivity index (χ3n) is 4.33. The van der Waals surface area contributed by atoms with E-state index in [0.29, 0.717) is 12.3 Å². The molecule has 0 saturated heterocycles. The number of alkyl halides is 1. The molecule has 10 heteroatoms. The first-order valence-electron chi connectivity index (χ1n) is 9.31. The summed E-state index contributed by atoms with van der Waals surface area (Å²) in [6.45, 7) is -0.0405. The topological polar surface area (TPSA) is 131 Å². The van der Waals surface area contributed by atoms with Gasteiger partial charge in [0.05, 0.1) is 6.54 Å². The molecule has 2 rings (SSSR count). The number of nitrogens with zero attached hydrogens (tertiary/aromatic N) is 1. The number of benzene rings is 1. The van der Waals surface area contributed by atoms with Crippen LogP contribution in [0.15, 0.2) is 30.3 Å². The lowest BCUT2D eigenvalue weighted by Crippen LogP contribution is -2.55. The van der Waals surface area contributed by atoms with Crippen molar-refractivity contribution in [2.24, 2.45) is 11.7 Å². The van der Waals surface area contributed by atoms with E-state index in [1.807, 2.05) is 30.3 Å². The molecular formula is C19H25ClN4O5. The van der Waals surface area contributed by atoms with E-state index >= 15 is 0 Å². The van der Waals surface area contributed by atoms with Crippen molar-refractivity contribution in [3.63, 3.8) is 0 Å². The summed E-state index contributed by atoms with van der Waals surface area (Å²) in [5.74, 6) is -1.85. The Morgan fingerprint density at radius 2 is 1.90 bits per heavy atom. The number of ether oxygens (including phenoxy) is 1. The summed E-state index contributed by atoms with van der Waals surface area (Å²) < 4.78 is 5.17. The quantitative estimate of drug-likeness (QED) is 0.381. The number of carbonyl (C=O) groups is 4. The van der Waals surface area contributed by atoms with Crippen LogP contribution < -0.4 is 16.5 Å². The van der Waals surface area contributed by atoms with Crippen molar-refractivity contribution in [1.29, 1.82) is 0 Å². The van der Waals surface area contributed by atoms with Crippen LogP contribution in [0.1, 0.15) is 31.2 Å². The van der Waals surface area contributed by atoms with E-state index < -0.39 is 29.9 Å². The average molecular weight is 425 g/mol. The van der Waals surface area contributed by atoms with E-state index in [4.69, 9.17) is 22.1 Å². The number of hydrogen-bond donors (Lipinski definition) is 3. The third kappa shape index (κ3) is 8.39. The molecule has 0 radical (unpaired) electrons. The summed E-state index contributed by atoms with van der Waals surface area (Å²) >= 11 is 5.55. The maximum atomic E-state index is 12.7. The second-order valence-corrected chi connectivity index (χ2v) is 7.08. The lowest BCUT2D eigenvalue weighted by atomic mass is 10.1. The smallest absolute Gasteiger partial charge is 0.408 e. The van der Waals surface area contributed by atoms with Gasteiger partial charge in [-0.05, 0) is 17.9 Å². The van der Waals surface area contributed by atoms with Crippen LogP contribution >= 0.6 is 11.6 Å². The van der Waals surface area contributed by atoms with Gasteiger partial charge in [-0.25, -0.2) is 4.79 Å².